The summed E-state index contributed by atoms with van der Waals surface area (Å²) in [5.74, 6) is -0.874. The van der Waals surface area contributed by atoms with E-state index in [9.17, 15) is 14.4 Å². The van der Waals surface area contributed by atoms with E-state index in [1.807, 2.05) is 0 Å². The van der Waals surface area contributed by atoms with Crippen LogP contribution in [0.2, 0.25) is 0 Å². The van der Waals surface area contributed by atoms with Crippen molar-refractivity contribution in [2.24, 2.45) is 0 Å². The average molecular weight is 1160 g/mol. The van der Waals surface area contributed by atoms with Gasteiger partial charge in [-0.3, -0.25) is 14.4 Å². The Balaban J connectivity index is 4.20. The van der Waals surface area contributed by atoms with Crippen LogP contribution in [0.3, 0.4) is 0 Å². The Bertz CT molecular complexity index is 1570. The lowest BCUT2D eigenvalue weighted by Gasteiger charge is -2.18. The molecular formula is C77H136O6. The predicted octanol–water partition coefficient (Wildman–Crippen LogP) is 25.0. The predicted molar refractivity (Wildman–Crippen MR) is 362 cm³/mol. The first kappa shape index (κ1) is 79.6. The van der Waals surface area contributed by atoms with Gasteiger partial charge in [-0.05, 0) is 116 Å². The highest BCUT2D eigenvalue weighted by Gasteiger charge is 2.19. The van der Waals surface area contributed by atoms with Gasteiger partial charge in [0.05, 0.1) is 0 Å². The number of rotatable bonds is 66. The molecule has 83 heavy (non-hydrogen) atoms. The van der Waals surface area contributed by atoms with Crippen molar-refractivity contribution in [2.75, 3.05) is 13.2 Å². The van der Waals surface area contributed by atoms with Crippen molar-refractivity contribution in [3.05, 3.63) is 85.1 Å². The Labute approximate surface area is 515 Å². The maximum absolute atomic E-state index is 12.9. The van der Waals surface area contributed by atoms with Crippen molar-refractivity contribution in [3.8, 4) is 0 Å². The van der Waals surface area contributed by atoms with Gasteiger partial charge in [0.25, 0.3) is 0 Å². The number of hydrogen-bond donors (Lipinski definition) is 0. The fourth-order valence-corrected chi connectivity index (χ4v) is 10.5. The summed E-state index contributed by atoms with van der Waals surface area (Å²) in [4.78, 5) is 38.4. The molecule has 0 aliphatic carbocycles. The summed E-state index contributed by atoms with van der Waals surface area (Å²) in [6.07, 6.45) is 94.7. The molecule has 1 unspecified atom stereocenters. The molecule has 0 saturated carbocycles. The molecule has 0 aliphatic heterocycles. The molecule has 0 heterocycles. The van der Waals surface area contributed by atoms with Gasteiger partial charge in [0.2, 0.25) is 0 Å². The van der Waals surface area contributed by atoms with Crippen LogP contribution >= 0.6 is 0 Å². The largest absolute Gasteiger partial charge is 0.462 e. The van der Waals surface area contributed by atoms with Crippen molar-refractivity contribution in [1.29, 1.82) is 0 Å². The lowest BCUT2D eigenvalue weighted by Crippen LogP contribution is -2.30. The molecule has 0 fully saturated rings. The molecular weight excluding hydrogens is 1020 g/mol. The second-order valence-corrected chi connectivity index (χ2v) is 24.1. The van der Waals surface area contributed by atoms with Gasteiger partial charge in [-0.1, -0.05) is 318 Å². The van der Waals surface area contributed by atoms with E-state index >= 15 is 0 Å². The summed E-state index contributed by atoms with van der Waals surface area (Å²) in [7, 11) is 0. The van der Waals surface area contributed by atoms with E-state index < -0.39 is 6.10 Å². The minimum absolute atomic E-state index is 0.0781. The highest BCUT2D eigenvalue weighted by molar-refractivity contribution is 5.71. The zero-order chi connectivity index (χ0) is 59.9. The van der Waals surface area contributed by atoms with E-state index in [0.717, 1.165) is 109 Å². The minimum Gasteiger partial charge on any atom is -0.462 e. The first-order valence-corrected chi connectivity index (χ1v) is 36.1. The molecule has 0 aromatic heterocycles. The van der Waals surface area contributed by atoms with Crippen LogP contribution in [0.5, 0.6) is 0 Å². The van der Waals surface area contributed by atoms with Crippen LogP contribution < -0.4 is 0 Å². The van der Waals surface area contributed by atoms with Gasteiger partial charge >= 0.3 is 17.9 Å². The third-order valence-electron chi connectivity index (χ3n) is 15.9. The van der Waals surface area contributed by atoms with Gasteiger partial charge in [-0.25, -0.2) is 0 Å². The van der Waals surface area contributed by atoms with Crippen LogP contribution in [0.25, 0.3) is 0 Å². The first-order chi connectivity index (χ1) is 41.0. The van der Waals surface area contributed by atoms with Crippen molar-refractivity contribution >= 4 is 17.9 Å². The number of allylic oxidation sites excluding steroid dienone is 14. The zero-order valence-electron chi connectivity index (χ0n) is 55.2. The van der Waals surface area contributed by atoms with E-state index in [1.54, 1.807) is 0 Å². The summed E-state index contributed by atoms with van der Waals surface area (Å²) < 4.78 is 17.0. The second-order valence-electron chi connectivity index (χ2n) is 24.1. The third-order valence-corrected chi connectivity index (χ3v) is 15.9. The Morgan fingerprint density at radius 3 is 0.747 bits per heavy atom. The van der Waals surface area contributed by atoms with E-state index in [-0.39, 0.29) is 31.1 Å². The number of carbonyl (C=O) groups is 3. The van der Waals surface area contributed by atoms with Gasteiger partial charge in [0.1, 0.15) is 13.2 Å². The summed E-state index contributed by atoms with van der Waals surface area (Å²) in [5, 5.41) is 0. The van der Waals surface area contributed by atoms with Crippen LogP contribution in [-0.2, 0) is 28.6 Å². The zero-order valence-corrected chi connectivity index (χ0v) is 55.2. The molecule has 0 aromatic carbocycles. The Kier molecular flexibility index (Phi) is 68.2. The summed E-state index contributed by atoms with van der Waals surface area (Å²) in [6, 6.07) is 0. The van der Waals surface area contributed by atoms with Gasteiger partial charge in [-0.2, -0.15) is 0 Å². The van der Waals surface area contributed by atoms with Crippen molar-refractivity contribution in [3.63, 3.8) is 0 Å². The quantitative estimate of drug-likeness (QED) is 0.0261. The summed E-state index contributed by atoms with van der Waals surface area (Å²) in [5.41, 5.74) is 0. The van der Waals surface area contributed by atoms with Gasteiger partial charge in [-0.15, -0.1) is 0 Å². The second kappa shape index (κ2) is 71.1. The van der Waals surface area contributed by atoms with Crippen molar-refractivity contribution < 1.29 is 28.6 Å². The van der Waals surface area contributed by atoms with Gasteiger partial charge in [0, 0.05) is 19.3 Å². The summed E-state index contributed by atoms with van der Waals surface area (Å²) in [6.45, 7) is 6.56. The molecule has 0 saturated heterocycles. The maximum atomic E-state index is 12.9. The van der Waals surface area contributed by atoms with E-state index in [0.29, 0.717) is 19.3 Å². The molecule has 0 N–H and O–H groups in total. The molecule has 0 amide bonds. The van der Waals surface area contributed by atoms with Crippen LogP contribution in [0.15, 0.2) is 85.1 Å². The molecule has 1 atom stereocenters. The van der Waals surface area contributed by atoms with Gasteiger partial charge in [0.15, 0.2) is 6.10 Å². The van der Waals surface area contributed by atoms with E-state index in [1.165, 1.54) is 218 Å². The van der Waals surface area contributed by atoms with Gasteiger partial charge < -0.3 is 14.2 Å². The smallest absolute Gasteiger partial charge is 0.306 e. The average Bonchev–Trinajstić information content (AvgIpc) is 3.49. The van der Waals surface area contributed by atoms with Crippen LogP contribution in [0.1, 0.15) is 367 Å². The monoisotopic (exact) mass is 1160 g/mol. The highest BCUT2D eigenvalue weighted by Crippen LogP contribution is 2.17. The fraction of sp³-hybridized carbons (Fsp3) is 0.779. The highest BCUT2D eigenvalue weighted by atomic mass is 16.6. The van der Waals surface area contributed by atoms with Crippen molar-refractivity contribution in [2.45, 2.75) is 374 Å². The SMILES string of the molecule is CC/C=C\C/C=C\C/C=C\C/C=C\C/C=C\CCCCCCCCCCCCCCCCCCCC(=O)OCC(COC(=O)CCCCCCC/C=C\CCCCCCCCC)OC(=O)CCCCCCC/C=C\CCCCCCCCC. The number of ether oxygens (including phenoxy) is 3. The molecule has 0 rings (SSSR count). The minimum atomic E-state index is -0.783. The molecule has 6 heteroatoms. The number of esters is 3. The third kappa shape index (κ3) is 69.3. The van der Waals surface area contributed by atoms with Crippen LogP contribution in [-0.4, -0.2) is 37.2 Å². The van der Waals surface area contributed by atoms with Crippen LogP contribution in [0, 0.1) is 0 Å². The number of hydrogen-bond acceptors (Lipinski definition) is 6. The standard InChI is InChI=1S/C77H136O6/c1-4-7-10-13-16-19-22-25-28-31-32-33-34-35-36-37-38-39-40-41-42-43-44-45-46-47-50-52-55-58-61-64-67-70-76(79)82-73-74(83-77(80)71-68-65-62-59-56-53-49-30-27-24-21-18-15-12-9-6-3)72-81-75(78)69-66-63-60-57-54-51-48-29-26-23-20-17-14-11-8-5-2/h7,10,16,19,25,28-30,32-33,35-36,48-49,74H,4-6,8-9,11-15,17-18,20-24,26-27,31,34,37-47,50-73H2,1-3H3/b10-7-,19-16-,28-25-,33-32-,36-35-,48-29-,49-30-. The molecule has 6 nitrogen and oxygen atoms in total. The molecule has 0 aliphatic rings. The molecule has 0 bridgehead atoms. The fourth-order valence-electron chi connectivity index (χ4n) is 10.5. The molecule has 0 radical (unpaired) electrons. The summed E-state index contributed by atoms with van der Waals surface area (Å²) >= 11 is 0. The maximum Gasteiger partial charge on any atom is 0.306 e. The molecule has 0 spiro atoms. The number of carbonyl (C=O) groups excluding carboxylic acids is 3. The van der Waals surface area contributed by atoms with E-state index in [4.69, 9.17) is 14.2 Å². The van der Waals surface area contributed by atoms with E-state index in [2.05, 4.69) is 106 Å². The lowest BCUT2D eigenvalue weighted by atomic mass is 10.0. The molecule has 480 valence electrons. The number of unbranched alkanes of at least 4 members (excludes halogenated alkanes) is 41. The normalized spacial score (nSPS) is 12.6. The molecule has 0 aromatic rings. The topological polar surface area (TPSA) is 78.9 Å². The Hall–Kier alpha value is -3.41. The Morgan fingerprint density at radius 1 is 0.253 bits per heavy atom. The van der Waals surface area contributed by atoms with Crippen molar-refractivity contribution in [1.82, 2.24) is 0 Å². The Morgan fingerprint density at radius 2 is 0.470 bits per heavy atom. The lowest BCUT2D eigenvalue weighted by molar-refractivity contribution is -0.167. The first-order valence-electron chi connectivity index (χ1n) is 36.1. The van der Waals surface area contributed by atoms with Crippen LogP contribution in [0.4, 0.5) is 0 Å².